The van der Waals surface area contributed by atoms with Gasteiger partial charge in [0.25, 0.3) is 5.69 Å². The third kappa shape index (κ3) is 9.83. The molecular weight excluding hydrogens is 489 g/mol. The number of sulfonamides is 1. The van der Waals surface area contributed by atoms with E-state index in [1.165, 1.54) is 18.2 Å². The monoisotopic (exact) mass is 515 g/mol. The third-order valence-electron chi connectivity index (χ3n) is 3.23. The highest BCUT2D eigenvalue weighted by atomic mass is 127. The SMILES string of the molecule is CCOCCCNC(=NC)NCCNS(=O)(=O)c1cccc([N+](=O)[O-])c1.I. The second-order valence-corrected chi connectivity index (χ2v) is 6.90. The van der Waals surface area contributed by atoms with Crippen LogP contribution >= 0.6 is 24.0 Å². The minimum absolute atomic E-state index is 0. The van der Waals surface area contributed by atoms with Crippen molar-refractivity contribution in [1.82, 2.24) is 15.4 Å². The molecule has 154 valence electrons. The number of nitro groups is 1. The van der Waals surface area contributed by atoms with Crippen molar-refractivity contribution in [2.45, 2.75) is 18.2 Å². The first kappa shape index (κ1) is 25.5. The number of nitrogens with zero attached hydrogens (tertiary/aromatic N) is 2. The van der Waals surface area contributed by atoms with Gasteiger partial charge in [0.2, 0.25) is 10.0 Å². The quantitative estimate of drug-likeness (QED) is 0.100. The number of nitrogens with one attached hydrogen (secondary N) is 3. The zero-order valence-electron chi connectivity index (χ0n) is 15.3. The lowest BCUT2D eigenvalue weighted by atomic mass is 10.3. The number of nitro benzene ring substituents is 1. The van der Waals surface area contributed by atoms with Crippen LogP contribution in [0, 0.1) is 10.1 Å². The molecule has 12 heteroatoms. The molecule has 0 atom stereocenters. The smallest absolute Gasteiger partial charge is 0.270 e. The van der Waals surface area contributed by atoms with E-state index in [4.69, 9.17) is 4.74 Å². The van der Waals surface area contributed by atoms with Crippen LogP contribution in [0.25, 0.3) is 0 Å². The Hall–Kier alpha value is -1.51. The van der Waals surface area contributed by atoms with Crippen molar-refractivity contribution >= 4 is 45.6 Å². The molecule has 27 heavy (non-hydrogen) atoms. The van der Waals surface area contributed by atoms with E-state index in [9.17, 15) is 18.5 Å². The fourth-order valence-corrected chi connectivity index (χ4v) is 3.03. The Morgan fingerprint density at radius 3 is 2.59 bits per heavy atom. The van der Waals surface area contributed by atoms with Gasteiger partial charge in [-0.2, -0.15) is 0 Å². The summed E-state index contributed by atoms with van der Waals surface area (Å²) in [6.07, 6.45) is 0.827. The number of halogens is 1. The van der Waals surface area contributed by atoms with Crippen LogP contribution in [0.2, 0.25) is 0 Å². The first-order valence-corrected chi connectivity index (χ1v) is 9.65. The first-order valence-electron chi connectivity index (χ1n) is 8.17. The lowest BCUT2D eigenvalue weighted by Gasteiger charge is -2.12. The van der Waals surface area contributed by atoms with Crippen molar-refractivity contribution in [3.8, 4) is 0 Å². The standard InChI is InChI=1S/C15H25N5O5S.HI/c1-3-25-11-5-8-17-15(16-2)18-9-10-19-26(23,24)14-7-4-6-13(12-14)20(21)22;/h4,6-7,12,19H,3,5,8-11H2,1-2H3,(H2,16,17,18);1H. The number of ether oxygens (including phenoxy) is 1. The van der Waals surface area contributed by atoms with E-state index in [1.807, 2.05) is 6.92 Å². The van der Waals surface area contributed by atoms with Crippen LogP contribution in [0.1, 0.15) is 13.3 Å². The third-order valence-corrected chi connectivity index (χ3v) is 4.69. The molecule has 1 rings (SSSR count). The van der Waals surface area contributed by atoms with E-state index in [-0.39, 0.29) is 41.1 Å². The number of aliphatic imine (C=N–C) groups is 1. The number of non-ortho nitro benzene ring substituents is 1. The van der Waals surface area contributed by atoms with Crippen molar-refractivity contribution in [2.24, 2.45) is 4.99 Å². The Balaban J connectivity index is 0.00000676. The van der Waals surface area contributed by atoms with Gasteiger partial charge in [-0.05, 0) is 19.4 Å². The second kappa shape index (κ2) is 13.6. The molecule has 0 fully saturated rings. The van der Waals surface area contributed by atoms with Crippen molar-refractivity contribution < 1.29 is 18.1 Å². The van der Waals surface area contributed by atoms with Gasteiger partial charge in [0.05, 0.1) is 9.82 Å². The van der Waals surface area contributed by atoms with Crippen molar-refractivity contribution in [2.75, 3.05) is 39.9 Å². The van der Waals surface area contributed by atoms with Gasteiger partial charge in [-0.3, -0.25) is 15.1 Å². The summed E-state index contributed by atoms with van der Waals surface area (Å²) in [7, 11) is -2.20. The van der Waals surface area contributed by atoms with Crippen LogP contribution in [-0.2, 0) is 14.8 Å². The van der Waals surface area contributed by atoms with Crippen LogP contribution in [-0.4, -0.2) is 59.2 Å². The zero-order valence-corrected chi connectivity index (χ0v) is 18.5. The van der Waals surface area contributed by atoms with Gasteiger partial charge >= 0.3 is 0 Å². The lowest BCUT2D eigenvalue weighted by Crippen LogP contribution is -2.41. The molecule has 1 aromatic rings. The van der Waals surface area contributed by atoms with Crippen LogP contribution < -0.4 is 15.4 Å². The van der Waals surface area contributed by atoms with Gasteiger partial charge in [0, 0.05) is 52.0 Å². The predicted octanol–water partition coefficient (Wildman–Crippen LogP) is 1.08. The van der Waals surface area contributed by atoms with Crippen molar-refractivity contribution in [3.05, 3.63) is 34.4 Å². The zero-order chi connectivity index (χ0) is 19.4. The molecule has 0 spiro atoms. The molecule has 0 aromatic heterocycles. The minimum atomic E-state index is -3.82. The fraction of sp³-hybridized carbons (Fsp3) is 0.533. The Kier molecular flexibility index (Phi) is 12.9. The molecule has 0 unspecified atom stereocenters. The molecule has 0 saturated heterocycles. The molecule has 0 radical (unpaired) electrons. The maximum absolute atomic E-state index is 12.2. The lowest BCUT2D eigenvalue weighted by molar-refractivity contribution is -0.385. The highest BCUT2D eigenvalue weighted by molar-refractivity contribution is 14.0. The fourth-order valence-electron chi connectivity index (χ4n) is 1.96. The molecular formula is C15H26IN5O5S. The van der Waals surface area contributed by atoms with Crippen LogP contribution in [0.3, 0.4) is 0 Å². The van der Waals surface area contributed by atoms with E-state index in [0.717, 1.165) is 12.5 Å². The molecule has 0 saturated carbocycles. The Morgan fingerprint density at radius 2 is 1.96 bits per heavy atom. The molecule has 0 aliphatic heterocycles. The van der Waals surface area contributed by atoms with Crippen LogP contribution in [0.5, 0.6) is 0 Å². The molecule has 1 aromatic carbocycles. The van der Waals surface area contributed by atoms with Gasteiger partial charge in [-0.25, -0.2) is 13.1 Å². The minimum Gasteiger partial charge on any atom is -0.382 e. The Bertz CT molecular complexity index is 714. The average molecular weight is 515 g/mol. The molecule has 0 aliphatic carbocycles. The maximum Gasteiger partial charge on any atom is 0.270 e. The van der Waals surface area contributed by atoms with Gasteiger partial charge < -0.3 is 15.4 Å². The molecule has 0 bridgehead atoms. The summed E-state index contributed by atoms with van der Waals surface area (Å²) in [6, 6.07) is 4.90. The topological polar surface area (TPSA) is 135 Å². The number of rotatable bonds is 11. The number of benzene rings is 1. The van der Waals surface area contributed by atoms with Gasteiger partial charge in [0.1, 0.15) is 0 Å². The summed E-state index contributed by atoms with van der Waals surface area (Å²) in [5.74, 6) is 0.552. The highest BCUT2D eigenvalue weighted by Gasteiger charge is 2.16. The molecule has 0 amide bonds. The molecule has 0 aliphatic rings. The van der Waals surface area contributed by atoms with E-state index >= 15 is 0 Å². The second-order valence-electron chi connectivity index (χ2n) is 5.13. The first-order chi connectivity index (χ1) is 12.4. The number of hydrogen-bond donors (Lipinski definition) is 3. The number of guanidine groups is 1. The van der Waals surface area contributed by atoms with E-state index in [2.05, 4.69) is 20.3 Å². The summed E-state index contributed by atoms with van der Waals surface area (Å²) >= 11 is 0. The Labute approximate surface area is 176 Å². The average Bonchev–Trinajstić information content (AvgIpc) is 2.63. The van der Waals surface area contributed by atoms with E-state index in [1.54, 1.807) is 7.05 Å². The van der Waals surface area contributed by atoms with Crippen molar-refractivity contribution in [1.29, 1.82) is 0 Å². The Morgan fingerprint density at radius 1 is 1.26 bits per heavy atom. The van der Waals surface area contributed by atoms with Crippen LogP contribution in [0.15, 0.2) is 34.2 Å². The van der Waals surface area contributed by atoms with Crippen molar-refractivity contribution in [3.63, 3.8) is 0 Å². The summed E-state index contributed by atoms with van der Waals surface area (Å²) in [5, 5.41) is 16.8. The highest BCUT2D eigenvalue weighted by Crippen LogP contribution is 2.16. The summed E-state index contributed by atoms with van der Waals surface area (Å²) < 4.78 is 32.0. The van der Waals surface area contributed by atoms with Gasteiger partial charge in [0.15, 0.2) is 5.96 Å². The summed E-state index contributed by atoms with van der Waals surface area (Å²) in [6.45, 7) is 4.35. The van der Waals surface area contributed by atoms with Gasteiger partial charge in [-0.15, -0.1) is 24.0 Å². The largest absolute Gasteiger partial charge is 0.382 e. The summed E-state index contributed by atoms with van der Waals surface area (Å²) in [4.78, 5) is 14.0. The maximum atomic E-state index is 12.2. The molecule has 3 N–H and O–H groups in total. The van der Waals surface area contributed by atoms with E-state index < -0.39 is 14.9 Å². The molecule has 0 heterocycles. The van der Waals surface area contributed by atoms with E-state index in [0.29, 0.717) is 32.3 Å². The van der Waals surface area contributed by atoms with Crippen LogP contribution in [0.4, 0.5) is 5.69 Å². The van der Waals surface area contributed by atoms with Gasteiger partial charge in [-0.1, -0.05) is 6.07 Å². The normalized spacial score (nSPS) is 11.6. The molecule has 10 nitrogen and oxygen atoms in total. The number of hydrogen-bond acceptors (Lipinski definition) is 6. The summed E-state index contributed by atoms with van der Waals surface area (Å²) in [5.41, 5.74) is -0.275. The predicted molar refractivity (Wildman–Crippen MR) is 114 cm³/mol.